The molecule has 1 aliphatic carbocycles. The third-order valence-corrected chi connectivity index (χ3v) is 4.88. The number of thiazole rings is 1. The Kier molecular flexibility index (Phi) is 4.15. The van der Waals surface area contributed by atoms with Gasteiger partial charge in [-0.2, -0.15) is 0 Å². The second kappa shape index (κ2) is 6.23. The molecule has 0 aliphatic heterocycles. The monoisotopic (exact) mass is 316 g/mol. The molecule has 0 saturated heterocycles. The largest absolute Gasteiger partial charge is 0.368 e. The number of hydrogen-bond acceptors (Lipinski definition) is 5. The van der Waals surface area contributed by atoms with Crippen molar-refractivity contribution in [3.8, 4) is 10.6 Å². The van der Waals surface area contributed by atoms with E-state index in [1.165, 1.54) is 4.88 Å². The van der Waals surface area contributed by atoms with Crippen LogP contribution in [0.1, 0.15) is 17.0 Å². The number of aryl methyl sites for hydroxylation is 1. The lowest BCUT2D eigenvalue weighted by molar-refractivity contribution is -0.128. The molecule has 0 fully saturated rings. The highest BCUT2D eigenvalue weighted by Crippen LogP contribution is 2.34. The third kappa shape index (κ3) is 3.14. The van der Waals surface area contributed by atoms with Gasteiger partial charge in [-0.25, -0.2) is 4.98 Å². The molecule has 22 heavy (non-hydrogen) atoms. The van der Waals surface area contributed by atoms with Crippen LogP contribution in [-0.2, 0) is 22.4 Å². The van der Waals surface area contributed by atoms with Gasteiger partial charge in [-0.15, -0.1) is 11.3 Å². The molecule has 0 bridgehead atoms. The maximum Gasteiger partial charge on any atom is 0.236 e. The van der Waals surface area contributed by atoms with Gasteiger partial charge in [0.05, 0.1) is 12.2 Å². The zero-order chi connectivity index (χ0) is 15.5. The molecule has 0 radical (unpaired) electrons. The van der Waals surface area contributed by atoms with E-state index in [9.17, 15) is 9.59 Å². The molecule has 6 nitrogen and oxygen atoms in total. The Hall–Kier alpha value is -2.28. The van der Waals surface area contributed by atoms with E-state index < -0.39 is 5.91 Å². The number of pyridine rings is 1. The summed E-state index contributed by atoms with van der Waals surface area (Å²) < 4.78 is 0. The molecule has 0 spiro atoms. The number of amides is 2. The smallest absolute Gasteiger partial charge is 0.236 e. The van der Waals surface area contributed by atoms with Crippen LogP contribution in [0.5, 0.6) is 0 Å². The van der Waals surface area contributed by atoms with Gasteiger partial charge in [-0.05, 0) is 25.0 Å². The fourth-order valence-corrected chi connectivity index (χ4v) is 3.65. The van der Waals surface area contributed by atoms with Gasteiger partial charge in [0, 0.05) is 35.2 Å². The standard InChI is InChI=1S/C15H16N4O2S/c16-13(20)8-18-14(21)10-1-2-12-11(7-10)19-15(22-12)9-3-5-17-6-4-9/h3-6,10H,1-2,7-8H2,(H2,16,20)(H,18,21). The predicted molar refractivity (Wildman–Crippen MR) is 83.1 cm³/mol. The Morgan fingerprint density at radius 2 is 2.14 bits per heavy atom. The third-order valence-electron chi connectivity index (χ3n) is 3.67. The molecule has 7 heteroatoms. The highest BCUT2D eigenvalue weighted by molar-refractivity contribution is 7.15. The number of primary amides is 1. The minimum absolute atomic E-state index is 0.110. The summed E-state index contributed by atoms with van der Waals surface area (Å²) in [6.45, 7) is -0.110. The minimum atomic E-state index is -0.529. The molecule has 0 aromatic carbocycles. The zero-order valence-corrected chi connectivity index (χ0v) is 12.7. The van der Waals surface area contributed by atoms with Crippen molar-refractivity contribution >= 4 is 23.2 Å². The maximum absolute atomic E-state index is 12.0. The first-order valence-corrected chi connectivity index (χ1v) is 7.90. The number of nitrogens with zero attached hydrogens (tertiary/aromatic N) is 2. The molecule has 2 amide bonds. The van der Waals surface area contributed by atoms with Crippen LogP contribution < -0.4 is 11.1 Å². The highest BCUT2D eigenvalue weighted by atomic mass is 32.1. The van der Waals surface area contributed by atoms with Crippen molar-refractivity contribution in [3.05, 3.63) is 35.1 Å². The quantitative estimate of drug-likeness (QED) is 0.876. The van der Waals surface area contributed by atoms with Crippen LogP contribution in [0.2, 0.25) is 0 Å². The van der Waals surface area contributed by atoms with Crippen molar-refractivity contribution in [1.29, 1.82) is 0 Å². The van der Waals surface area contributed by atoms with E-state index in [1.54, 1.807) is 23.7 Å². The van der Waals surface area contributed by atoms with Crippen molar-refractivity contribution in [2.24, 2.45) is 11.7 Å². The topological polar surface area (TPSA) is 98.0 Å². The Bertz CT molecular complexity index is 699. The molecular weight excluding hydrogens is 300 g/mol. The molecule has 1 aliphatic rings. The molecule has 2 heterocycles. The summed E-state index contributed by atoms with van der Waals surface area (Å²) in [4.78, 5) is 32.7. The van der Waals surface area contributed by atoms with Crippen LogP contribution in [-0.4, -0.2) is 28.3 Å². The van der Waals surface area contributed by atoms with Gasteiger partial charge in [0.2, 0.25) is 11.8 Å². The Labute approximate surface area is 131 Å². The first-order chi connectivity index (χ1) is 10.6. The van der Waals surface area contributed by atoms with Gasteiger partial charge in [-0.3, -0.25) is 14.6 Å². The lowest BCUT2D eigenvalue weighted by atomic mass is 9.90. The average molecular weight is 316 g/mol. The van der Waals surface area contributed by atoms with E-state index in [1.807, 2.05) is 12.1 Å². The highest BCUT2D eigenvalue weighted by Gasteiger charge is 2.27. The number of nitrogens with two attached hydrogens (primary N) is 1. The number of rotatable bonds is 4. The summed E-state index contributed by atoms with van der Waals surface area (Å²) in [5.41, 5.74) is 7.08. The van der Waals surface area contributed by atoms with E-state index in [0.717, 1.165) is 29.1 Å². The van der Waals surface area contributed by atoms with Crippen LogP contribution in [0.15, 0.2) is 24.5 Å². The molecule has 3 rings (SSSR count). The number of carbonyl (C=O) groups is 2. The van der Waals surface area contributed by atoms with Crippen LogP contribution >= 0.6 is 11.3 Å². The summed E-state index contributed by atoms with van der Waals surface area (Å²) in [5.74, 6) is -0.791. The Balaban J connectivity index is 1.72. The van der Waals surface area contributed by atoms with E-state index in [-0.39, 0.29) is 18.4 Å². The second-order valence-corrected chi connectivity index (χ2v) is 6.33. The van der Waals surface area contributed by atoms with E-state index >= 15 is 0 Å². The van der Waals surface area contributed by atoms with Gasteiger partial charge in [0.15, 0.2) is 0 Å². The van der Waals surface area contributed by atoms with Crippen molar-refractivity contribution in [3.63, 3.8) is 0 Å². The summed E-state index contributed by atoms with van der Waals surface area (Å²) in [6.07, 6.45) is 5.72. The summed E-state index contributed by atoms with van der Waals surface area (Å²) in [7, 11) is 0. The molecule has 2 aromatic heterocycles. The lowest BCUT2D eigenvalue weighted by Crippen LogP contribution is -2.39. The summed E-state index contributed by atoms with van der Waals surface area (Å²) in [6, 6.07) is 3.86. The molecular formula is C15H16N4O2S. The van der Waals surface area contributed by atoms with Gasteiger partial charge < -0.3 is 11.1 Å². The van der Waals surface area contributed by atoms with Crippen LogP contribution in [0.4, 0.5) is 0 Å². The number of fused-ring (bicyclic) bond motifs is 1. The molecule has 1 atom stereocenters. The van der Waals surface area contributed by atoms with Crippen molar-refractivity contribution < 1.29 is 9.59 Å². The zero-order valence-electron chi connectivity index (χ0n) is 11.9. The summed E-state index contributed by atoms with van der Waals surface area (Å²) in [5, 5.41) is 3.54. The lowest BCUT2D eigenvalue weighted by Gasteiger charge is -2.19. The van der Waals surface area contributed by atoms with Gasteiger partial charge in [0.1, 0.15) is 5.01 Å². The fourth-order valence-electron chi connectivity index (χ4n) is 2.54. The Morgan fingerprint density at radius 3 is 2.86 bits per heavy atom. The van der Waals surface area contributed by atoms with Gasteiger partial charge >= 0.3 is 0 Å². The van der Waals surface area contributed by atoms with Crippen molar-refractivity contribution in [2.75, 3.05) is 6.54 Å². The maximum atomic E-state index is 12.0. The van der Waals surface area contributed by atoms with Crippen molar-refractivity contribution in [1.82, 2.24) is 15.3 Å². The summed E-state index contributed by atoms with van der Waals surface area (Å²) >= 11 is 1.68. The van der Waals surface area contributed by atoms with E-state index in [4.69, 9.17) is 5.73 Å². The number of hydrogen-bond donors (Lipinski definition) is 2. The van der Waals surface area contributed by atoms with Crippen molar-refractivity contribution in [2.45, 2.75) is 19.3 Å². The molecule has 114 valence electrons. The molecule has 1 unspecified atom stereocenters. The molecule has 3 N–H and O–H groups in total. The average Bonchev–Trinajstić information content (AvgIpc) is 2.96. The van der Waals surface area contributed by atoms with Crippen LogP contribution in [0.25, 0.3) is 10.6 Å². The minimum Gasteiger partial charge on any atom is -0.368 e. The Morgan fingerprint density at radius 1 is 1.36 bits per heavy atom. The first-order valence-electron chi connectivity index (χ1n) is 7.08. The second-order valence-electron chi connectivity index (χ2n) is 5.25. The fraction of sp³-hybridized carbons (Fsp3) is 0.333. The predicted octanol–water partition coefficient (Wildman–Crippen LogP) is 0.911. The molecule has 2 aromatic rings. The number of nitrogens with one attached hydrogen (secondary N) is 1. The first kappa shape index (κ1) is 14.6. The SMILES string of the molecule is NC(=O)CNC(=O)C1CCc2sc(-c3ccncc3)nc2C1. The normalized spacial score (nSPS) is 16.8. The van der Waals surface area contributed by atoms with Gasteiger partial charge in [0.25, 0.3) is 0 Å². The van der Waals surface area contributed by atoms with E-state index in [0.29, 0.717) is 6.42 Å². The van der Waals surface area contributed by atoms with E-state index in [2.05, 4.69) is 15.3 Å². The van der Waals surface area contributed by atoms with Gasteiger partial charge in [-0.1, -0.05) is 0 Å². The van der Waals surface area contributed by atoms with Crippen LogP contribution in [0.3, 0.4) is 0 Å². The molecule has 0 saturated carbocycles. The number of carbonyl (C=O) groups excluding carboxylic acids is 2. The number of aromatic nitrogens is 2. The van der Waals surface area contributed by atoms with Crippen LogP contribution in [0, 0.1) is 5.92 Å².